The second-order valence-corrected chi connectivity index (χ2v) is 9.81. The van der Waals surface area contributed by atoms with Crippen LogP contribution in [-0.4, -0.2) is 9.97 Å². The van der Waals surface area contributed by atoms with Crippen LogP contribution in [0, 0.1) is 16.7 Å². The fourth-order valence-electron chi connectivity index (χ4n) is 5.17. The number of hydrogen-bond acceptors (Lipinski definition) is 3. The number of nitriles is 1. The summed E-state index contributed by atoms with van der Waals surface area (Å²) in [4.78, 5) is 9.44. The molecule has 1 fully saturated rings. The predicted molar refractivity (Wildman–Crippen MR) is 133 cm³/mol. The molecule has 2 aromatic rings. The molecular formula is C29H41N3. The Labute approximate surface area is 195 Å². The fourth-order valence-corrected chi connectivity index (χ4v) is 5.17. The average Bonchev–Trinajstić information content (AvgIpc) is 2.85. The zero-order valence-corrected chi connectivity index (χ0v) is 20.3. The van der Waals surface area contributed by atoms with Gasteiger partial charge in [-0.25, -0.2) is 9.97 Å². The number of aryl methyl sites for hydroxylation is 1. The summed E-state index contributed by atoms with van der Waals surface area (Å²) in [5.41, 5.74) is 3.59. The van der Waals surface area contributed by atoms with Gasteiger partial charge in [-0.15, -0.1) is 0 Å². The van der Waals surface area contributed by atoms with E-state index in [0.29, 0.717) is 5.92 Å². The lowest BCUT2D eigenvalue weighted by Gasteiger charge is -2.34. The Hall–Kier alpha value is -2.21. The van der Waals surface area contributed by atoms with Crippen LogP contribution in [0.2, 0.25) is 0 Å². The zero-order chi connectivity index (χ0) is 22.7. The molecule has 32 heavy (non-hydrogen) atoms. The highest BCUT2D eigenvalue weighted by molar-refractivity contribution is 5.61. The van der Waals surface area contributed by atoms with E-state index in [-0.39, 0.29) is 5.41 Å². The maximum absolute atomic E-state index is 9.63. The van der Waals surface area contributed by atoms with Crippen LogP contribution in [0.15, 0.2) is 36.7 Å². The summed E-state index contributed by atoms with van der Waals surface area (Å²) in [7, 11) is 0. The number of hydrogen-bond donors (Lipinski definition) is 0. The molecule has 0 amide bonds. The van der Waals surface area contributed by atoms with Gasteiger partial charge in [-0.1, -0.05) is 83.1 Å². The van der Waals surface area contributed by atoms with E-state index >= 15 is 0 Å². The minimum atomic E-state index is -0.109. The van der Waals surface area contributed by atoms with E-state index in [0.717, 1.165) is 49.9 Å². The number of aromatic nitrogens is 2. The van der Waals surface area contributed by atoms with Crippen LogP contribution in [0.4, 0.5) is 0 Å². The van der Waals surface area contributed by atoms with Crippen molar-refractivity contribution in [2.75, 3.05) is 0 Å². The first-order valence-electron chi connectivity index (χ1n) is 13.0. The highest BCUT2D eigenvalue weighted by atomic mass is 14.9. The van der Waals surface area contributed by atoms with Crippen LogP contribution >= 0.6 is 0 Å². The average molecular weight is 432 g/mol. The van der Waals surface area contributed by atoms with E-state index in [9.17, 15) is 5.26 Å². The molecule has 0 spiro atoms. The van der Waals surface area contributed by atoms with Gasteiger partial charge < -0.3 is 0 Å². The second-order valence-electron chi connectivity index (χ2n) is 9.81. The number of benzene rings is 1. The van der Waals surface area contributed by atoms with Crippen LogP contribution in [-0.2, 0) is 6.42 Å². The lowest BCUT2D eigenvalue weighted by Crippen LogP contribution is -2.25. The molecule has 1 aromatic carbocycles. The summed E-state index contributed by atoms with van der Waals surface area (Å²) in [6.07, 6.45) is 20.7. The van der Waals surface area contributed by atoms with Crippen molar-refractivity contribution < 1.29 is 0 Å². The molecule has 1 aromatic heterocycles. The molecule has 1 aliphatic carbocycles. The molecule has 0 N–H and O–H groups in total. The largest absolute Gasteiger partial charge is 0.240 e. The minimum Gasteiger partial charge on any atom is -0.240 e. The maximum atomic E-state index is 9.63. The van der Waals surface area contributed by atoms with Gasteiger partial charge in [0, 0.05) is 23.9 Å². The van der Waals surface area contributed by atoms with Crippen LogP contribution < -0.4 is 0 Å². The smallest absolute Gasteiger partial charge is 0.131 e. The topological polar surface area (TPSA) is 49.6 Å². The van der Waals surface area contributed by atoms with Gasteiger partial charge >= 0.3 is 0 Å². The third-order valence-corrected chi connectivity index (χ3v) is 7.30. The molecule has 3 rings (SSSR count). The Kier molecular flexibility index (Phi) is 9.72. The Morgan fingerprint density at radius 3 is 2.06 bits per heavy atom. The molecule has 3 heteroatoms. The van der Waals surface area contributed by atoms with Crippen molar-refractivity contribution >= 4 is 0 Å². The first-order valence-corrected chi connectivity index (χ1v) is 13.0. The maximum Gasteiger partial charge on any atom is 0.131 e. The summed E-state index contributed by atoms with van der Waals surface area (Å²) >= 11 is 0. The van der Waals surface area contributed by atoms with Gasteiger partial charge in [0.05, 0.1) is 11.5 Å². The summed E-state index contributed by atoms with van der Waals surface area (Å²) in [6.45, 7) is 4.45. The highest BCUT2D eigenvalue weighted by Crippen LogP contribution is 2.44. The number of nitrogens with zero attached hydrogens (tertiary/aromatic N) is 3. The molecule has 0 bridgehead atoms. The molecule has 1 heterocycles. The molecule has 3 nitrogen and oxygen atoms in total. The van der Waals surface area contributed by atoms with Crippen molar-refractivity contribution in [1.82, 2.24) is 9.97 Å². The van der Waals surface area contributed by atoms with E-state index in [4.69, 9.17) is 9.97 Å². The lowest BCUT2D eigenvalue weighted by atomic mass is 9.69. The van der Waals surface area contributed by atoms with Crippen molar-refractivity contribution in [2.24, 2.45) is 5.41 Å². The Bertz CT molecular complexity index is 824. The van der Waals surface area contributed by atoms with Crippen LogP contribution in [0.5, 0.6) is 0 Å². The molecular weight excluding hydrogens is 390 g/mol. The van der Waals surface area contributed by atoms with E-state index in [1.165, 1.54) is 62.5 Å². The molecule has 0 saturated heterocycles. The van der Waals surface area contributed by atoms with Crippen molar-refractivity contribution in [3.63, 3.8) is 0 Å². The van der Waals surface area contributed by atoms with Gasteiger partial charge in [-0.3, -0.25) is 0 Å². The summed E-state index contributed by atoms with van der Waals surface area (Å²) in [5, 5.41) is 9.63. The SMILES string of the molecule is CCCCCCCCCc1ccc(-c2cnc(C3CCC(C#N)(CCC)CC3)nc2)cc1. The Morgan fingerprint density at radius 1 is 0.844 bits per heavy atom. The third-order valence-electron chi connectivity index (χ3n) is 7.30. The summed E-state index contributed by atoms with van der Waals surface area (Å²) < 4.78 is 0. The molecule has 0 aliphatic heterocycles. The van der Waals surface area contributed by atoms with Gasteiger partial charge in [-0.2, -0.15) is 5.26 Å². The van der Waals surface area contributed by atoms with Gasteiger partial charge in [0.25, 0.3) is 0 Å². The summed E-state index contributed by atoms with van der Waals surface area (Å²) in [6, 6.07) is 11.6. The molecule has 0 radical (unpaired) electrons. The van der Waals surface area contributed by atoms with Crippen molar-refractivity contribution in [2.45, 2.75) is 110 Å². The van der Waals surface area contributed by atoms with Crippen molar-refractivity contribution in [1.29, 1.82) is 5.26 Å². The molecule has 0 unspecified atom stereocenters. The van der Waals surface area contributed by atoms with Crippen LogP contribution in [0.1, 0.15) is 115 Å². The molecule has 172 valence electrons. The first-order chi connectivity index (χ1) is 15.7. The van der Waals surface area contributed by atoms with E-state index in [1.54, 1.807) is 0 Å². The second kappa shape index (κ2) is 12.7. The third kappa shape index (κ3) is 6.89. The molecule has 1 saturated carbocycles. The monoisotopic (exact) mass is 431 g/mol. The summed E-state index contributed by atoms with van der Waals surface area (Å²) in [5.74, 6) is 1.35. The van der Waals surface area contributed by atoms with Gasteiger partial charge in [0.1, 0.15) is 5.82 Å². The van der Waals surface area contributed by atoms with Crippen LogP contribution in [0.3, 0.4) is 0 Å². The standard InChI is InChI=1S/C29H41N3/c1-3-5-6-7-8-9-10-11-24-12-14-25(15-13-24)27-21-31-28(32-22-27)26-16-19-29(23-30,18-4-2)20-17-26/h12-15,21-22,26H,3-11,16-20H2,1-2H3. The zero-order valence-electron chi connectivity index (χ0n) is 20.3. The number of unbranched alkanes of at least 4 members (excludes halogenated alkanes) is 6. The highest BCUT2D eigenvalue weighted by Gasteiger charge is 2.35. The van der Waals surface area contributed by atoms with Crippen molar-refractivity contribution in [3.8, 4) is 17.2 Å². The van der Waals surface area contributed by atoms with E-state index in [2.05, 4.69) is 44.2 Å². The van der Waals surface area contributed by atoms with Gasteiger partial charge in [0.2, 0.25) is 0 Å². The Morgan fingerprint density at radius 2 is 1.47 bits per heavy atom. The van der Waals surface area contributed by atoms with E-state index in [1.807, 2.05) is 12.4 Å². The fraction of sp³-hybridized carbons (Fsp3) is 0.621. The Balaban J connectivity index is 1.47. The number of rotatable bonds is 12. The predicted octanol–water partition coefficient (Wildman–Crippen LogP) is 8.40. The minimum absolute atomic E-state index is 0.109. The quantitative estimate of drug-likeness (QED) is 0.317. The van der Waals surface area contributed by atoms with E-state index < -0.39 is 0 Å². The lowest BCUT2D eigenvalue weighted by molar-refractivity contribution is 0.224. The van der Waals surface area contributed by atoms with Gasteiger partial charge in [-0.05, 0) is 56.1 Å². The molecule has 0 atom stereocenters. The van der Waals surface area contributed by atoms with Crippen LogP contribution in [0.25, 0.3) is 11.1 Å². The van der Waals surface area contributed by atoms with Gasteiger partial charge in [0.15, 0.2) is 0 Å². The normalized spacial score (nSPS) is 20.7. The van der Waals surface area contributed by atoms with Crippen molar-refractivity contribution in [3.05, 3.63) is 48.0 Å². The molecule has 1 aliphatic rings. The first kappa shape index (κ1) is 24.4.